The molecule has 0 spiro atoms. The molecule has 0 aliphatic heterocycles. The molecule has 1 aromatic carbocycles. The van der Waals surface area contributed by atoms with Gasteiger partial charge < -0.3 is 4.42 Å². The number of fused-ring (bicyclic) bond motifs is 1. The van der Waals surface area contributed by atoms with E-state index in [-0.39, 0.29) is 0 Å². The third-order valence-electron chi connectivity index (χ3n) is 1.75. The Labute approximate surface area is 88.5 Å². The van der Waals surface area contributed by atoms with Gasteiger partial charge in [0.2, 0.25) is 0 Å². The average Bonchev–Trinajstić information content (AvgIpc) is 2.47. The van der Waals surface area contributed by atoms with E-state index in [2.05, 4.69) is 11.1 Å². The molecule has 0 saturated heterocycles. The van der Waals surface area contributed by atoms with Crippen LogP contribution in [-0.2, 0) is 6.42 Å². The number of para-hydroxylation sites is 1. The molecule has 0 saturated carbocycles. The van der Waals surface area contributed by atoms with Crippen molar-refractivity contribution in [3.8, 4) is 6.07 Å². The summed E-state index contributed by atoms with van der Waals surface area (Å²) in [6.45, 7) is 0. The van der Waals surface area contributed by atoms with E-state index in [1.165, 1.54) is 0 Å². The van der Waals surface area contributed by atoms with Crippen LogP contribution < -0.4 is 0 Å². The highest BCUT2D eigenvalue weighted by atomic mass is 127. The van der Waals surface area contributed by atoms with Crippen LogP contribution in [-0.4, -0.2) is 4.98 Å². The highest BCUT2D eigenvalue weighted by molar-refractivity contribution is 14.1. The van der Waals surface area contributed by atoms with Crippen LogP contribution in [0.25, 0.3) is 11.1 Å². The summed E-state index contributed by atoms with van der Waals surface area (Å²) in [6, 6.07) is 7.72. The molecule has 0 bridgehead atoms. The van der Waals surface area contributed by atoms with Crippen LogP contribution in [0.15, 0.2) is 22.6 Å². The molecular formula is C9H5IN2O. The van der Waals surface area contributed by atoms with E-state index in [0.717, 1.165) is 16.7 Å². The quantitative estimate of drug-likeness (QED) is 0.756. The van der Waals surface area contributed by atoms with Crippen molar-refractivity contribution in [1.82, 2.24) is 4.98 Å². The first-order chi connectivity index (χ1) is 6.31. The molecule has 0 atom stereocenters. The summed E-state index contributed by atoms with van der Waals surface area (Å²) >= 11 is 2.02. The second-order valence-corrected chi connectivity index (χ2v) is 3.49. The highest BCUT2D eigenvalue weighted by Gasteiger charge is 2.06. The van der Waals surface area contributed by atoms with Crippen molar-refractivity contribution >= 4 is 33.7 Å². The van der Waals surface area contributed by atoms with E-state index in [9.17, 15) is 0 Å². The minimum atomic E-state index is 0.375. The number of halogens is 1. The zero-order valence-corrected chi connectivity index (χ0v) is 8.78. The maximum atomic E-state index is 8.58. The molecule has 3 nitrogen and oxygen atoms in total. The number of aromatic nitrogens is 1. The fourth-order valence-corrected chi connectivity index (χ4v) is 1.68. The van der Waals surface area contributed by atoms with Crippen molar-refractivity contribution in [3.05, 3.63) is 27.7 Å². The van der Waals surface area contributed by atoms with Crippen LogP contribution in [0.2, 0.25) is 0 Å². The molecule has 0 unspecified atom stereocenters. The van der Waals surface area contributed by atoms with Gasteiger partial charge in [0.1, 0.15) is 5.52 Å². The van der Waals surface area contributed by atoms with E-state index in [1.807, 2.05) is 40.8 Å². The van der Waals surface area contributed by atoms with Gasteiger partial charge in [0.15, 0.2) is 5.58 Å². The van der Waals surface area contributed by atoms with Crippen molar-refractivity contribution < 1.29 is 4.42 Å². The lowest BCUT2D eigenvalue weighted by Crippen LogP contribution is -1.82. The molecule has 0 aliphatic rings. The SMILES string of the molecule is N#CCc1cccc2oc(I)nc12. The second-order valence-electron chi connectivity index (χ2n) is 2.57. The molecule has 64 valence electrons. The van der Waals surface area contributed by atoms with Crippen LogP contribution >= 0.6 is 22.6 Å². The predicted molar refractivity (Wildman–Crippen MR) is 56.0 cm³/mol. The fourth-order valence-electron chi connectivity index (χ4n) is 1.21. The lowest BCUT2D eigenvalue weighted by molar-refractivity contribution is 0.566. The maximum Gasteiger partial charge on any atom is 0.258 e. The molecule has 13 heavy (non-hydrogen) atoms. The summed E-state index contributed by atoms with van der Waals surface area (Å²) in [6.07, 6.45) is 0.375. The van der Waals surface area contributed by atoms with Gasteiger partial charge in [0.25, 0.3) is 3.90 Å². The second kappa shape index (κ2) is 3.34. The summed E-state index contributed by atoms with van der Waals surface area (Å²) in [5.41, 5.74) is 2.47. The van der Waals surface area contributed by atoms with Gasteiger partial charge in [-0.3, -0.25) is 0 Å². The first-order valence-corrected chi connectivity index (χ1v) is 4.80. The normalized spacial score (nSPS) is 10.2. The van der Waals surface area contributed by atoms with Gasteiger partial charge in [-0.2, -0.15) is 5.26 Å². The van der Waals surface area contributed by atoms with Crippen molar-refractivity contribution in [3.63, 3.8) is 0 Å². The van der Waals surface area contributed by atoms with Gasteiger partial charge in [-0.25, -0.2) is 4.98 Å². The monoisotopic (exact) mass is 284 g/mol. The smallest absolute Gasteiger partial charge is 0.258 e. The number of hydrogen-bond donors (Lipinski definition) is 0. The number of nitriles is 1. The van der Waals surface area contributed by atoms with Crippen LogP contribution in [0, 0.1) is 15.2 Å². The minimum Gasteiger partial charge on any atom is -0.432 e. The number of benzene rings is 1. The molecule has 1 heterocycles. The van der Waals surface area contributed by atoms with Gasteiger partial charge in [0, 0.05) is 22.6 Å². The van der Waals surface area contributed by atoms with Crippen molar-refractivity contribution in [2.45, 2.75) is 6.42 Å². The summed E-state index contributed by atoms with van der Waals surface area (Å²) in [5, 5.41) is 8.58. The topological polar surface area (TPSA) is 49.8 Å². The summed E-state index contributed by atoms with van der Waals surface area (Å²) in [5.74, 6) is 0. The van der Waals surface area contributed by atoms with Gasteiger partial charge in [-0.1, -0.05) is 12.1 Å². The molecule has 0 aliphatic carbocycles. The Morgan fingerprint density at radius 1 is 1.54 bits per heavy atom. The molecule has 4 heteroatoms. The van der Waals surface area contributed by atoms with Gasteiger partial charge in [-0.15, -0.1) is 0 Å². The molecule has 2 aromatic rings. The van der Waals surface area contributed by atoms with Crippen LogP contribution in [0.5, 0.6) is 0 Å². The largest absolute Gasteiger partial charge is 0.432 e. The Kier molecular flexibility index (Phi) is 2.19. The molecule has 1 aromatic heterocycles. The average molecular weight is 284 g/mol. The third kappa shape index (κ3) is 1.52. The van der Waals surface area contributed by atoms with Crippen LogP contribution in [0.1, 0.15) is 5.56 Å². The van der Waals surface area contributed by atoms with E-state index >= 15 is 0 Å². The first-order valence-electron chi connectivity index (χ1n) is 3.72. The highest BCUT2D eigenvalue weighted by Crippen LogP contribution is 2.20. The first kappa shape index (κ1) is 8.51. The molecule has 0 radical (unpaired) electrons. The standard InChI is InChI=1S/C9H5IN2O/c10-9-12-8-6(4-5-11)2-1-3-7(8)13-9/h1-3H,4H2. The van der Waals surface area contributed by atoms with E-state index in [1.54, 1.807) is 0 Å². The number of nitrogens with zero attached hydrogens (tertiary/aromatic N) is 2. The minimum absolute atomic E-state index is 0.375. The summed E-state index contributed by atoms with van der Waals surface area (Å²) in [4.78, 5) is 4.20. The maximum absolute atomic E-state index is 8.58. The van der Waals surface area contributed by atoms with Gasteiger partial charge in [-0.05, 0) is 11.6 Å². The zero-order valence-electron chi connectivity index (χ0n) is 6.62. The molecule has 0 N–H and O–H groups in total. The molecule has 2 rings (SSSR count). The Morgan fingerprint density at radius 2 is 2.38 bits per heavy atom. The summed E-state index contributed by atoms with van der Waals surface area (Å²) in [7, 11) is 0. The van der Waals surface area contributed by atoms with Crippen LogP contribution in [0.3, 0.4) is 0 Å². The fraction of sp³-hybridized carbons (Fsp3) is 0.111. The van der Waals surface area contributed by atoms with Gasteiger partial charge in [0.05, 0.1) is 12.5 Å². The molecule has 0 amide bonds. The Balaban J connectivity index is 2.69. The molecular weight excluding hydrogens is 279 g/mol. The lowest BCUT2D eigenvalue weighted by Gasteiger charge is -1.92. The lowest BCUT2D eigenvalue weighted by atomic mass is 10.1. The van der Waals surface area contributed by atoms with E-state index in [0.29, 0.717) is 10.3 Å². The zero-order chi connectivity index (χ0) is 9.26. The molecule has 0 fully saturated rings. The van der Waals surface area contributed by atoms with E-state index < -0.39 is 0 Å². The predicted octanol–water partition coefficient (Wildman–Crippen LogP) is 2.50. The van der Waals surface area contributed by atoms with Gasteiger partial charge >= 0.3 is 0 Å². The third-order valence-corrected chi connectivity index (χ3v) is 2.21. The van der Waals surface area contributed by atoms with Crippen molar-refractivity contribution in [2.24, 2.45) is 0 Å². The van der Waals surface area contributed by atoms with Crippen molar-refractivity contribution in [2.75, 3.05) is 0 Å². The Morgan fingerprint density at radius 3 is 3.15 bits per heavy atom. The number of oxazole rings is 1. The number of hydrogen-bond acceptors (Lipinski definition) is 3. The van der Waals surface area contributed by atoms with Crippen LogP contribution in [0.4, 0.5) is 0 Å². The number of rotatable bonds is 1. The summed E-state index contributed by atoms with van der Waals surface area (Å²) < 4.78 is 5.93. The Bertz CT molecular complexity index is 484. The Hall–Kier alpha value is -1.09. The van der Waals surface area contributed by atoms with E-state index in [4.69, 9.17) is 9.68 Å². The van der Waals surface area contributed by atoms with Crippen molar-refractivity contribution in [1.29, 1.82) is 5.26 Å².